The van der Waals surface area contributed by atoms with Gasteiger partial charge < -0.3 is 20.5 Å². The maximum Gasteiger partial charge on any atom is 0.255 e. The largest absolute Gasteiger partial charge is 0.356 e. The molecule has 2 aromatic carbocycles. The van der Waals surface area contributed by atoms with Gasteiger partial charge in [0.1, 0.15) is 12.1 Å². The molecule has 0 unspecified atom stereocenters. The van der Waals surface area contributed by atoms with Gasteiger partial charge in [0.05, 0.1) is 6.04 Å². The van der Waals surface area contributed by atoms with E-state index in [2.05, 4.69) is 21.7 Å². The molecule has 3 amide bonds. The van der Waals surface area contributed by atoms with Crippen LogP contribution < -0.4 is 10.6 Å². The summed E-state index contributed by atoms with van der Waals surface area (Å²) in [6.45, 7) is 7.76. The molecule has 0 bridgehead atoms. The van der Waals surface area contributed by atoms with Gasteiger partial charge in [-0.15, -0.1) is 0 Å². The Morgan fingerprint density at radius 2 is 1.77 bits per heavy atom. The Morgan fingerprint density at radius 1 is 1.06 bits per heavy atom. The number of carbonyl (C=O) groups excluding carboxylic acids is 3. The molecule has 0 aliphatic carbocycles. The molecule has 0 saturated heterocycles. The number of benzene rings is 2. The summed E-state index contributed by atoms with van der Waals surface area (Å²) < 4.78 is 0. The van der Waals surface area contributed by atoms with Gasteiger partial charge in [0.2, 0.25) is 11.8 Å². The van der Waals surface area contributed by atoms with Gasteiger partial charge in [0.15, 0.2) is 0 Å². The molecule has 0 radical (unpaired) electrons. The second-order valence-corrected chi connectivity index (χ2v) is 10.0. The third-order valence-electron chi connectivity index (χ3n) is 7.38. The van der Waals surface area contributed by atoms with Crippen LogP contribution >= 0.6 is 0 Å². The standard InChI is InChI=1S/C28H32N4O3/c1-5-16(4)23(27(34)29-15(2)3)31-26(33)22-14-20-17-10-8-9-13-21(17)30-24(20)25-18-11-6-7-12-19(18)28(35)32(22)25/h6-13,15-16,22-23,25,30H,5,14H2,1-4H3,(H,29,34)(H,31,33)/t16-,22-,23-,25+/m0/s1. The smallest absolute Gasteiger partial charge is 0.255 e. The van der Waals surface area contributed by atoms with Crippen molar-refractivity contribution >= 4 is 28.6 Å². The molecule has 3 heterocycles. The minimum Gasteiger partial charge on any atom is -0.356 e. The number of amides is 3. The molecule has 0 saturated carbocycles. The fraction of sp³-hybridized carbons (Fsp3) is 0.393. The van der Waals surface area contributed by atoms with E-state index in [1.165, 1.54) is 0 Å². The van der Waals surface area contributed by atoms with Crippen molar-refractivity contribution in [3.05, 3.63) is 70.9 Å². The van der Waals surface area contributed by atoms with Crippen molar-refractivity contribution in [1.82, 2.24) is 20.5 Å². The van der Waals surface area contributed by atoms with E-state index in [0.717, 1.165) is 34.1 Å². The summed E-state index contributed by atoms with van der Waals surface area (Å²) in [7, 11) is 0. The molecule has 2 aliphatic rings. The summed E-state index contributed by atoms with van der Waals surface area (Å²) in [5.74, 6) is -0.691. The van der Waals surface area contributed by atoms with E-state index in [1.54, 1.807) is 4.90 Å². The van der Waals surface area contributed by atoms with Gasteiger partial charge >= 0.3 is 0 Å². The van der Waals surface area contributed by atoms with E-state index in [4.69, 9.17) is 0 Å². The summed E-state index contributed by atoms with van der Waals surface area (Å²) in [4.78, 5) is 45.6. The first-order valence-electron chi connectivity index (χ1n) is 12.4. The Kier molecular flexibility index (Phi) is 5.87. The minimum atomic E-state index is -0.718. The number of aromatic nitrogens is 1. The molecule has 0 spiro atoms. The van der Waals surface area contributed by atoms with Crippen LogP contribution in [0.15, 0.2) is 48.5 Å². The van der Waals surface area contributed by atoms with Crippen LogP contribution in [-0.4, -0.2) is 45.7 Å². The Hall–Kier alpha value is -3.61. The average Bonchev–Trinajstić information content (AvgIpc) is 3.36. The lowest BCUT2D eigenvalue weighted by Crippen LogP contribution is -2.58. The first-order valence-corrected chi connectivity index (χ1v) is 12.4. The molecule has 0 fully saturated rings. The highest BCUT2D eigenvalue weighted by atomic mass is 16.2. The maximum absolute atomic E-state index is 13.8. The van der Waals surface area contributed by atoms with Crippen molar-refractivity contribution in [2.75, 3.05) is 0 Å². The minimum absolute atomic E-state index is 0.0338. The lowest BCUT2D eigenvalue weighted by atomic mass is 9.89. The first-order chi connectivity index (χ1) is 16.8. The Bertz CT molecular complexity index is 1310. The molecular weight excluding hydrogens is 440 g/mol. The summed E-state index contributed by atoms with van der Waals surface area (Å²) in [5, 5.41) is 7.01. The lowest BCUT2D eigenvalue weighted by molar-refractivity contribution is -0.133. The number of rotatable bonds is 6. The molecule has 5 rings (SSSR count). The Morgan fingerprint density at radius 3 is 2.51 bits per heavy atom. The van der Waals surface area contributed by atoms with Crippen LogP contribution in [0.3, 0.4) is 0 Å². The number of hydrogen-bond donors (Lipinski definition) is 3. The van der Waals surface area contributed by atoms with Crippen LogP contribution in [0.4, 0.5) is 0 Å². The summed E-state index contributed by atoms with van der Waals surface area (Å²) >= 11 is 0. The Balaban J connectivity index is 1.56. The number of nitrogens with zero attached hydrogens (tertiary/aromatic N) is 1. The van der Waals surface area contributed by atoms with Crippen LogP contribution in [0.5, 0.6) is 0 Å². The lowest BCUT2D eigenvalue weighted by Gasteiger charge is -2.38. The third-order valence-corrected chi connectivity index (χ3v) is 7.38. The van der Waals surface area contributed by atoms with E-state index in [0.29, 0.717) is 12.0 Å². The van der Waals surface area contributed by atoms with E-state index < -0.39 is 12.1 Å². The Labute approximate surface area is 205 Å². The van der Waals surface area contributed by atoms with Gasteiger partial charge in [-0.05, 0) is 43.0 Å². The van der Waals surface area contributed by atoms with Crippen LogP contribution in [0.1, 0.15) is 67.3 Å². The summed E-state index contributed by atoms with van der Waals surface area (Å²) in [6.07, 6.45) is 1.13. The molecule has 1 aromatic heterocycles. The number of H-pyrrole nitrogens is 1. The fourth-order valence-electron chi connectivity index (χ4n) is 5.46. The first kappa shape index (κ1) is 23.1. The highest BCUT2D eigenvalue weighted by molar-refractivity contribution is 6.04. The zero-order valence-electron chi connectivity index (χ0n) is 20.6. The van der Waals surface area contributed by atoms with Gasteiger partial charge in [0.25, 0.3) is 5.91 Å². The van der Waals surface area contributed by atoms with Gasteiger partial charge in [-0.1, -0.05) is 56.7 Å². The zero-order valence-corrected chi connectivity index (χ0v) is 20.6. The van der Waals surface area contributed by atoms with Crippen molar-refractivity contribution in [2.45, 2.75) is 64.7 Å². The third kappa shape index (κ3) is 3.79. The topological polar surface area (TPSA) is 94.3 Å². The predicted molar refractivity (Wildman–Crippen MR) is 135 cm³/mol. The quantitative estimate of drug-likeness (QED) is 0.511. The van der Waals surface area contributed by atoms with Crippen LogP contribution in [0.25, 0.3) is 10.9 Å². The van der Waals surface area contributed by atoms with Crippen LogP contribution in [0, 0.1) is 5.92 Å². The molecule has 4 atom stereocenters. The average molecular weight is 473 g/mol. The highest BCUT2D eigenvalue weighted by Gasteiger charge is 2.49. The van der Waals surface area contributed by atoms with Crippen molar-refractivity contribution in [1.29, 1.82) is 0 Å². The number of nitrogens with one attached hydrogen (secondary N) is 3. The summed E-state index contributed by atoms with van der Waals surface area (Å²) in [5.41, 5.74) is 4.53. The molecule has 35 heavy (non-hydrogen) atoms. The van der Waals surface area contributed by atoms with Gasteiger partial charge in [-0.2, -0.15) is 0 Å². The van der Waals surface area contributed by atoms with Crippen molar-refractivity contribution in [3.63, 3.8) is 0 Å². The van der Waals surface area contributed by atoms with Gasteiger partial charge in [-0.3, -0.25) is 14.4 Å². The second kappa shape index (κ2) is 8.87. The number of aromatic amines is 1. The fourth-order valence-corrected chi connectivity index (χ4v) is 5.46. The number of carbonyl (C=O) groups is 3. The van der Waals surface area contributed by atoms with Crippen molar-refractivity contribution < 1.29 is 14.4 Å². The zero-order chi connectivity index (χ0) is 24.9. The monoisotopic (exact) mass is 472 g/mol. The van der Waals surface area contributed by atoms with E-state index in [-0.39, 0.29) is 35.7 Å². The SMILES string of the molecule is CC[C@H](C)[C@H](NC(=O)[C@@H]1Cc2c([nH]c3ccccc23)[C@H]2c3ccccc3C(=O)N21)C(=O)NC(C)C. The number of fused-ring (bicyclic) bond motifs is 7. The van der Waals surface area contributed by atoms with Crippen molar-refractivity contribution in [2.24, 2.45) is 5.92 Å². The van der Waals surface area contributed by atoms with E-state index >= 15 is 0 Å². The molecule has 3 N–H and O–H groups in total. The summed E-state index contributed by atoms with van der Waals surface area (Å²) in [6, 6.07) is 13.8. The maximum atomic E-state index is 13.8. The van der Waals surface area contributed by atoms with Crippen LogP contribution in [-0.2, 0) is 16.0 Å². The van der Waals surface area contributed by atoms with Gasteiger partial charge in [-0.25, -0.2) is 0 Å². The molecule has 7 nitrogen and oxygen atoms in total. The number of para-hydroxylation sites is 1. The van der Waals surface area contributed by atoms with Crippen LogP contribution in [0.2, 0.25) is 0 Å². The second-order valence-electron chi connectivity index (χ2n) is 10.0. The number of hydrogen-bond acceptors (Lipinski definition) is 3. The van der Waals surface area contributed by atoms with Gasteiger partial charge in [0, 0.05) is 34.6 Å². The van der Waals surface area contributed by atoms with Crippen molar-refractivity contribution in [3.8, 4) is 0 Å². The van der Waals surface area contributed by atoms with E-state index in [9.17, 15) is 14.4 Å². The molecule has 3 aromatic rings. The molecular formula is C28H32N4O3. The normalized spacial score (nSPS) is 20.3. The highest BCUT2D eigenvalue weighted by Crippen LogP contribution is 2.46. The molecule has 2 aliphatic heterocycles. The van der Waals surface area contributed by atoms with E-state index in [1.807, 2.05) is 70.2 Å². The molecule has 182 valence electrons. The molecule has 7 heteroatoms. The predicted octanol–water partition coefficient (Wildman–Crippen LogP) is 3.69.